The molecule has 0 unspecified atom stereocenters. The molecule has 1 fully saturated rings. The second-order valence-corrected chi connectivity index (χ2v) is 5.30. The molecule has 132 valence electrons. The summed E-state index contributed by atoms with van der Waals surface area (Å²) in [5.74, 6) is -4.74. The molecule has 0 atom stereocenters. The topological polar surface area (TPSA) is 101 Å². The maximum absolute atomic E-state index is 12.5. The molecule has 1 aliphatic heterocycles. The number of rotatable bonds is 1. The largest absolute Gasteiger partial charge is 0.504 e. The van der Waals surface area contributed by atoms with Crippen LogP contribution in [-0.2, 0) is 4.79 Å². The lowest BCUT2D eigenvalue weighted by Gasteiger charge is -2.23. The van der Waals surface area contributed by atoms with Gasteiger partial charge >= 0.3 is 12.1 Å². The Morgan fingerprint density at radius 3 is 1.96 bits per heavy atom. The van der Waals surface area contributed by atoms with Crippen LogP contribution in [0.15, 0.2) is 12.1 Å². The Hall–Kier alpha value is -2.65. The van der Waals surface area contributed by atoms with Crippen LogP contribution < -0.4 is 0 Å². The van der Waals surface area contributed by atoms with E-state index in [0.717, 1.165) is 12.1 Å². The van der Waals surface area contributed by atoms with Crippen molar-refractivity contribution < 1.29 is 38.1 Å². The average Bonchev–Trinajstić information content (AvgIpc) is 2.75. The molecule has 0 radical (unpaired) electrons. The molecule has 0 bridgehead atoms. The molecule has 1 aromatic rings. The Morgan fingerprint density at radius 1 is 0.917 bits per heavy atom. The van der Waals surface area contributed by atoms with Crippen molar-refractivity contribution in [3.63, 3.8) is 0 Å². The van der Waals surface area contributed by atoms with Gasteiger partial charge < -0.3 is 25.1 Å². The lowest BCUT2D eigenvalue weighted by molar-refractivity contribution is -0.185. The van der Waals surface area contributed by atoms with Crippen molar-refractivity contribution in [2.24, 2.45) is 0 Å². The molecule has 1 saturated heterocycles. The van der Waals surface area contributed by atoms with Crippen molar-refractivity contribution in [3.05, 3.63) is 17.7 Å². The van der Waals surface area contributed by atoms with Gasteiger partial charge in [-0.1, -0.05) is 0 Å². The highest BCUT2D eigenvalue weighted by Crippen LogP contribution is 2.35. The van der Waals surface area contributed by atoms with E-state index >= 15 is 0 Å². The first-order valence-corrected chi connectivity index (χ1v) is 7.01. The number of hydrogen-bond acceptors (Lipinski definition) is 5. The van der Waals surface area contributed by atoms with Gasteiger partial charge in [0.05, 0.1) is 0 Å². The van der Waals surface area contributed by atoms with Crippen LogP contribution in [0.25, 0.3) is 0 Å². The van der Waals surface area contributed by atoms with E-state index in [-0.39, 0.29) is 38.2 Å². The van der Waals surface area contributed by atoms with E-state index in [0.29, 0.717) is 4.90 Å². The number of phenols is 3. The van der Waals surface area contributed by atoms with Gasteiger partial charge in [0.25, 0.3) is 5.91 Å². The highest BCUT2D eigenvalue weighted by Gasteiger charge is 2.42. The minimum absolute atomic E-state index is 0.114. The quantitative estimate of drug-likeness (QED) is 0.659. The summed E-state index contributed by atoms with van der Waals surface area (Å²) >= 11 is 0. The van der Waals surface area contributed by atoms with Gasteiger partial charge in [0.1, 0.15) is 0 Å². The van der Waals surface area contributed by atoms with Crippen LogP contribution in [0.1, 0.15) is 16.8 Å². The van der Waals surface area contributed by atoms with Gasteiger partial charge in [-0.15, -0.1) is 0 Å². The molecule has 3 N–H and O–H groups in total. The summed E-state index contributed by atoms with van der Waals surface area (Å²) in [5, 5.41) is 28.1. The summed E-state index contributed by atoms with van der Waals surface area (Å²) in [6.07, 6.45) is -4.81. The van der Waals surface area contributed by atoms with E-state index in [1.165, 1.54) is 4.90 Å². The zero-order chi connectivity index (χ0) is 18.1. The molecule has 1 heterocycles. The SMILES string of the molecule is O=C(c1cc(O)c(O)c(O)c1)N1CCCN(C(=O)C(F)(F)F)CC1. The molecule has 24 heavy (non-hydrogen) atoms. The van der Waals surface area contributed by atoms with E-state index < -0.39 is 35.2 Å². The molecular formula is C14H15F3N2O5. The average molecular weight is 348 g/mol. The van der Waals surface area contributed by atoms with E-state index in [9.17, 15) is 38.1 Å². The zero-order valence-electron chi connectivity index (χ0n) is 12.4. The first kappa shape index (κ1) is 17.7. The third-order valence-corrected chi connectivity index (χ3v) is 3.63. The maximum Gasteiger partial charge on any atom is 0.471 e. The minimum atomic E-state index is -4.96. The normalized spacial score (nSPS) is 16.0. The smallest absolute Gasteiger partial charge is 0.471 e. The second-order valence-electron chi connectivity index (χ2n) is 5.30. The minimum Gasteiger partial charge on any atom is -0.504 e. The van der Waals surface area contributed by atoms with E-state index in [2.05, 4.69) is 0 Å². The number of aromatic hydroxyl groups is 3. The molecule has 0 aromatic heterocycles. The van der Waals surface area contributed by atoms with Crippen LogP contribution in [0.3, 0.4) is 0 Å². The fraction of sp³-hybridized carbons (Fsp3) is 0.429. The number of benzene rings is 1. The van der Waals surface area contributed by atoms with Crippen molar-refractivity contribution in [1.29, 1.82) is 0 Å². The lowest BCUT2D eigenvalue weighted by atomic mass is 10.1. The zero-order valence-corrected chi connectivity index (χ0v) is 12.4. The summed E-state index contributed by atoms with van der Waals surface area (Å²) in [5.41, 5.74) is -0.126. The third kappa shape index (κ3) is 3.63. The highest BCUT2D eigenvalue weighted by molar-refractivity contribution is 5.95. The predicted octanol–water partition coefficient (Wildman–Crippen LogP) is 1.04. The van der Waals surface area contributed by atoms with Crippen molar-refractivity contribution in [2.75, 3.05) is 26.2 Å². The number of nitrogens with zero attached hydrogens (tertiary/aromatic N) is 2. The molecule has 0 aliphatic carbocycles. The molecule has 0 spiro atoms. The number of carbonyl (C=O) groups is 2. The van der Waals surface area contributed by atoms with Gasteiger partial charge in [-0.25, -0.2) is 0 Å². The maximum atomic E-state index is 12.5. The number of alkyl halides is 3. The first-order valence-electron chi connectivity index (χ1n) is 7.01. The van der Waals surface area contributed by atoms with E-state index in [1.807, 2.05) is 0 Å². The van der Waals surface area contributed by atoms with Crippen LogP contribution >= 0.6 is 0 Å². The van der Waals surface area contributed by atoms with Crippen LogP contribution in [0.5, 0.6) is 17.2 Å². The van der Waals surface area contributed by atoms with Gasteiger partial charge in [0.2, 0.25) is 0 Å². The summed E-state index contributed by atoms with van der Waals surface area (Å²) in [6, 6.07) is 1.89. The number of halogens is 3. The summed E-state index contributed by atoms with van der Waals surface area (Å²) in [6.45, 7) is -0.416. The van der Waals surface area contributed by atoms with E-state index in [4.69, 9.17) is 0 Å². The third-order valence-electron chi connectivity index (χ3n) is 3.63. The van der Waals surface area contributed by atoms with Gasteiger partial charge in [0.15, 0.2) is 17.2 Å². The molecule has 0 saturated carbocycles. The Bertz CT molecular complexity index is 639. The Morgan fingerprint density at radius 2 is 1.42 bits per heavy atom. The Kier molecular flexibility index (Phi) is 4.76. The molecule has 1 aliphatic rings. The molecular weight excluding hydrogens is 333 g/mol. The predicted molar refractivity (Wildman–Crippen MR) is 74.6 cm³/mol. The van der Waals surface area contributed by atoms with Crippen LogP contribution in [0, 0.1) is 0 Å². The van der Waals surface area contributed by atoms with Gasteiger partial charge in [-0.2, -0.15) is 13.2 Å². The second kappa shape index (κ2) is 6.46. The van der Waals surface area contributed by atoms with Crippen molar-refractivity contribution in [3.8, 4) is 17.2 Å². The van der Waals surface area contributed by atoms with Gasteiger partial charge in [-0.3, -0.25) is 9.59 Å². The number of phenolic OH excluding ortho intramolecular Hbond substituents is 3. The fourth-order valence-corrected chi connectivity index (χ4v) is 2.41. The highest BCUT2D eigenvalue weighted by atomic mass is 19.4. The monoisotopic (exact) mass is 348 g/mol. The summed E-state index contributed by atoms with van der Waals surface area (Å²) in [7, 11) is 0. The molecule has 2 amide bonds. The van der Waals surface area contributed by atoms with Crippen molar-refractivity contribution in [1.82, 2.24) is 9.80 Å². The molecule has 7 nitrogen and oxygen atoms in total. The van der Waals surface area contributed by atoms with Crippen LogP contribution in [0.2, 0.25) is 0 Å². The standard InChI is InChI=1S/C14H15F3N2O5/c15-14(16,17)13(24)19-3-1-2-18(4-5-19)12(23)8-6-9(20)11(22)10(21)7-8/h6-7,20-22H,1-5H2. The fourth-order valence-electron chi connectivity index (χ4n) is 2.41. The molecule has 1 aromatic carbocycles. The van der Waals surface area contributed by atoms with E-state index in [1.54, 1.807) is 0 Å². The molecule has 2 rings (SSSR count). The van der Waals surface area contributed by atoms with Gasteiger partial charge in [-0.05, 0) is 18.6 Å². The Balaban J connectivity index is 2.11. The van der Waals surface area contributed by atoms with Crippen molar-refractivity contribution in [2.45, 2.75) is 12.6 Å². The summed E-state index contributed by atoms with van der Waals surface area (Å²) < 4.78 is 37.4. The Labute approximate surface area is 134 Å². The molecule has 10 heteroatoms. The number of carbonyl (C=O) groups excluding carboxylic acids is 2. The first-order chi connectivity index (χ1) is 11.1. The van der Waals surface area contributed by atoms with Crippen LogP contribution in [0.4, 0.5) is 13.2 Å². The van der Waals surface area contributed by atoms with Crippen molar-refractivity contribution >= 4 is 11.8 Å². The van der Waals surface area contributed by atoms with Gasteiger partial charge in [0, 0.05) is 31.7 Å². The lowest BCUT2D eigenvalue weighted by Crippen LogP contribution is -2.43. The van der Waals surface area contributed by atoms with Crippen LogP contribution in [-0.4, -0.2) is 69.3 Å². The number of hydrogen-bond donors (Lipinski definition) is 3. The summed E-state index contributed by atoms with van der Waals surface area (Å²) in [4.78, 5) is 25.4. The number of amides is 2.